The van der Waals surface area contributed by atoms with Gasteiger partial charge in [0.05, 0.1) is 34.5 Å². The topological polar surface area (TPSA) is 84.4 Å². The highest BCUT2D eigenvalue weighted by molar-refractivity contribution is 7.92. The number of fused-ring (bicyclic) bond motifs is 3. The number of sulfonamides is 1. The minimum atomic E-state index is -3.98. The summed E-state index contributed by atoms with van der Waals surface area (Å²) in [5, 5.41) is 0.842. The number of anilines is 2. The number of nitrogens with zero attached hydrogens (tertiary/aromatic N) is 3. The van der Waals surface area contributed by atoms with Crippen molar-refractivity contribution < 1.29 is 17.5 Å². The first-order valence-corrected chi connectivity index (χ1v) is 11.9. The van der Waals surface area contributed by atoms with E-state index in [4.69, 9.17) is 16.3 Å². The van der Waals surface area contributed by atoms with Crippen LogP contribution in [0.5, 0.6) is 5.75 Å². The van der Waals surface area contributed by atoms with Crippen LogP contribution in [0.3, 0.4) is 0 Å². The number of hydrogen-bond donors (Lipinski definition) is 1. The van der Waals surface area contributed by atoms with Gasteiger partial charge in [-0.05, 0) is 48.0 Å². The summed E-state index contributed by atoms with van der Waals surface area (Å²) in [6.07, 6.45) is 3.36. The maximum atomic E-state index is 13.2. The minimum Gasteiger partial charge on any atom is -0.489 e. The Labute approximate surface area is 194 Å². The summed E-state index contributed by atoms with van der Waals surface area (Å²) in [6.45, 7) is 1.35. The Morgan fingerprint density at radius 1 is 1.06 bits per heavy atom. The first kappa shape index (κ1) is 21.4. The van der Waals surface area contributed by atoms with Crippen molar-refractivity contribution in [3.8, 4) is 16.9 Å². The molecule has 3 heterocycles. The van der Waals surface area contributed by atoms with Gasteiger partial charge in [0.25, 0.3) is 10.0 Å². The quantitative estimate of drug-likeness (QED) is 0.422. The van der Waals surface area contributed by atoms with Crippen molar-refractivity contribution in [3.63, 3.8) is 0 Å². The molecule has 0 radical (unpaired) electrons. The van der Waals surface area contributed by atoms with E-state index in [1.165, 1.54) is 12.1 Å². The molecule has 5 rings (SSSR count). The van der Waals surface area contributed by atoms with E-state index in [0.29, 0.717) is 12.2 Å². The van der Waals surface area contributed by atoms with Crippen LogP contribution in [0, 0.1) is 5.82 Å². The number of hydrogen-bond acceptors (Lipinski definition) is 6. The predicted molar refractivity (Wildman–Crippen MR) is 126 cm³/mol. The van der Waals surface area contributed by atoms with Gasteiger partial charge in [-0.15, -0.1) is 0 Å². The summed E-state index contributed by atoms with van der Waals surface area (Å²) < 4.78 is 47.0. The van der Waals surface area contributed by atoms with E-state index in [1.54, 1.807) is 18.5 Å². The van der Waals surface area contributed by atoms with Gasteiger partial charge < -0.3 is 9.64 Å². The van der Waals surface area contributed by atoms with E-state index in [1.807, 2.05) is 25.2 Å². The maximum absolute atomic E-state index is 13.2. The number of benzene rings is 2. The van der Waals surface area contributed by atoms with Crippen molar-refractivity contribution in [1.82, 2.24) is 9.97 Å². The molecule has 0 spiro atoms. The fourth-order valence-electron chi connectivity index (χ4n) is 3.66. The second-order valence-corrected chi connectivity index (χ2v) is 9.64. The largest absolute Gasteiger partial charge is 0.489 e. The summed E-state index contributed by atoms with van der Waals surface area (Å²) in [6, 6.07) is 11.8. The lowest BCUT2D eigenvalue weighted by Gasteiger charge is -2.28. The van der Waals surface area contributed by atoms with Crippen molar-refractivity contribution in [2.75, 3.05) is 29.8 Å². The molecule has 1 aliphatic rings. The van der Waals surface area contributed by atoms with Crippen molar-refractivity contribution in [2.45, 2.75) is 4.90 Å². The minimum absolute atomic E-state index is 0.00534. The third-order valence-electron chi connectivity index (χ3n) is 5.42. The number of likely N-dealkylation sites (N-methyl/N-ethyl adjacent to an activating group) is 1. The van der Waals surface area contributed by atoms with Crippen molar-refractivity contribution >= 4 is 43.9 Å². The van der Waals surface area contributed by atoms with Gasteiger partial charge in [0.2, 0.25) is 0 Å². The van der Waals surface area contributed by atoms with Gasteiger partial charge in [-0.3, -0.25) is 9.71 Å². The summed E-state index contributed by atoms with van der Waals surface area (Å²) in [4.78, 5) is 10.7. The molecule has 0 aliphatic carbocycles. The number of nitrogens with one attached hydrogen (secondary N) is 1. The SMILES string of the molecule is CN1CCOc2c1cnc1ccc(-c3cnc(Cl)c(NS(=O)(=O)c4ccc(F)cc4)c3)cc21. The molecule has 1 N–H and O–H groups in total. The molecule has 0 saturated heterocycles. The zero-order valence-electron chi connectivity index (χ0n) is 17.4. The number of aromatic nitrogens is 2. The molecule has 7 nitrogen and oxygen atoms in total. The molecule has 168 valence electrons. The highest BCUT2D eigenvalue weighted by atomic mass is 35.5. The zero-order chi connectivity index (χ0) is 23.2. The average molecular weight is 485 g/mol. The monoisotopic (exact) mass is 484 g/mol. The van der Waals surface area contributed by atoms with E-state index in [0.717, 1.165) is 46.6 Å². The van der Waals surface area contributed by atoms with E-state index in [9.17, 15) is 12.8 Å². The van der Waals surface area contributed by atoms with Crippen LogP contribution in [0.2, 0.25) is 5.15 Å². The Balaban J connectivity index is 1.54. The van der Waals surface area contributed by atoms with Gasteiger partial charge in [-0.1, -0.05) is 17.7 Å². The van der Waals surface area contributed by atoms with E-state index in [-0.39, 0.29) is 15.7 Å². The summed E-state index contributed by atoms with van der Waals surface area (Å²) >= 11 is 6.17. The molecule has 2 aromatic carbocycles. The molecule has 2 aromatic heterocycles. The van der Waals surface area contributed by atoms with Crippen LogP contribution in [0.1, 0.15) is 0 Å². The van der Waals surface area contributed by atoms with Gasteiger partial charge in [-0.2, -0.15) is 0 Å². The maximum Gasteiger partial charge on any atom is 0.261 e. The Bertz CT molecular complexity index is 1480. The lowest BCUT2D eigenvalue weighted by Crippen LogP contribution is -2.29. The molecule has 33 heavy (non-hydrogen) atoms. The standard InChI is InChI=1S/C23H18ClFN4O3S/c1-29-8-9-32-22-18-10-14(2-7-19(18)26-13-21(22)29)15-11-20(23(24)27-12-15)28-33(30,31)17-5-3-16(25)4-6-17/h2-7,10-13,28H,8-9H2,1H3. The van der Waals surface area contributed by atoms with Crippen LogP contribution >= 0.6 is 11.6 Å². The second kappa shape index (κ2) is 8.17. The van der Waals surface area contributed by atoms with Crippen LogP contribution in [-0.2, 0) is 10.0 Å². The highest BCUT2D eigenvalue weighted by Gasteiger charge is 2.20. The van der Waals surface area contributed by atoms with Gasteiger partial charge in [0.15, 0.2) is 10.9 Å². The molecule has 4 aromatic rings. The van der Waals surface area contributed by atoms with E-state index >= 15 is 0 Å². The van der Waals surface area contributed by atoms with Crippen LogP contribution in [-0.4, -0.2) is 38.6 Å². The Kier molecular flexibility index (Phi) is 5.30. The number of pyridine rings is 2. The van der Waals surface area contributed by atoms with Gasteiger partial charge in [0.1, 0.15) is 12.4 Å². The first-order valence-electron chi connectivity index (χ1n) is 10.0. The van der Waals surface area contributed by atoms with Crippen LogP contribution < -0.4 is 14.4 Å². The molecular formula is C23H18ClFN4O3S. The summed E-state index contributed by atoms with van der Waals surface area (Å²) in [5.74, 6) is 0.230. The zero-order valence-corrected chi connectivity index (χ0v) is 19.0. The fraction of sp³-hybridized carbons (Fsp3) is 0.130. The molecule has 0 saturated carbocycles. The highest BCUT2D eigenvalue weighted by Crippen LogP contribution is 2.39. The lowest BCUT2D eigenvalue weighted by molar-refractivity contribution is 0.315. The first-order chi connectivity index (χ1) is 15.8. The number of rotatable bonds is 4. The van der Waals surface area contributed by atoms with Crippen LogP contribution in [0.15, 0.2) is 65.8 Å². The molecule has 0 amide bonds. The van der Waals surface area contributed by atoms with E-state index in [2.05, 4.69) is 19.6 Å². The average Bonchev–Trinajstić information content (AvgIpc) is 2.80. The Morgan fingerprint density at radius 2 is 1.85 bits per heavy atom. The molecule has 1 aliphatic heterocycles. The normalized spacial score (nSPS) is 13.5. The molecule has 10 heteroatoms. The fourth-order valence-corrected chi connectivity index (χ4v) is 4.92. The predicted octanol–water partition coefficient (Wildman–Crippen LogP) is 4.72. The summed E-state index contributed by atoms with van der Waals surface area (Å²) in [7, 11) is -1.99. The lowest BCUT2D eigenvalue weighted by atomic mass is 10.0. The van der Waals surface area contributed by atoms with Gasteiger partial charge in [0, 0.05) is 24.2 Å². The molecule has 0 bridgehead atoms. The molecule has 0 atom stereocenters. The van der Waals surface area contributed by atoms with Crippen molar-refractivity contribution in [3.05, 3.63) is 71.9 Å². The Morgan fingerprint density at radius 3 is 2.64 bits per heavy atom. The second-order valence-electron chi connectivity index (χ2n) is 7.60. The van der Waals surface area contributed by atoms with E-state index < -0.39 is 15.8 Å². The Hall–Kier alpha value is -3.43. The molecule has 0 unspecified atom stereocenters. The van der Waals surface area contributed by atoms with Crippen LogP contribution in [0.25, 0.3) is 22.0 Å². The third-order valence-corrected chi connectivity index (χ3v) is 7.11. The third kappa shape index (κ3) is 4.05. The van der Waals surface area contributed by atoms with Crippen LogP contribution in [0.4, 0.5) is 15.8 Å². The smallest absolute Gasteiger partial charge is 0.261 e. The molecular weight excluding hydrogens is 467 g/mol. The summed E-state index contributed by atoms with van der Waals surface area (Å²) in [5.41, 5.74) is 3.25. The number of ether oxygens (including phenoxy) is 1. The molecule has 0 fully saturated rings. The van der Waals surface area contributed by atoms with Crippen molar-refractivity contribution in [1.29, 1.82) is 0 Å². The van der Waals surface area contributed by atoms with Gasteiger partial charge in [-0.25, -0.2) is 17.8 Å². The van der Waals surface area contributed by atoms with Crippen molar-refractivity contribution in [2.24, 2.45) is 0 Å². The van der Waals surface area contributed by atoms with Gasteiger partial charge >= 0.3 is 0 Å². The number of halogens is 2.